The highest BCUT2D eigenvalue weighted by molar-refractivity contribution is 6.00. The molecule has 0 heterocycles. The monoisotopic (exact) mass is 293 g/mol. The SMILES string of the molecule is CCNC(=O)NC(=O)C(C)OC(=O)c1cc(C)ccc1N. The molecule has 1 aromatic rings. The molecule has 0 aliphatic rings. The first kappa shape index (κ1) is 16.5. The van der Waals surface area contributed by atoms with Crippen LogP contribution in [0.4, 0.5) is 10.5 Å². The van der Waals surface area contributed by atoms with Crippen molar-refractivity contribution >= 4 is 23.6 Å². The molecule has 21 heavy (non-hydrogen) atoms. The van der Waals surface area contributed by atoms with Crippen LogP contribution in [0.15, 0.2) is 18.2 Å². The maximum absolute atomic E-state index is 12.0. The molecule has 0 saturated heterocycles. The third-order valence-corrected chi connectivity index (χ3v) is 2.66. The predicted octanol–water partition coefficient (Wildman–Crippen LogP) is 0.968. The quantitative estimate of drug-likeness (QED) is 0.566. The lowest BCUT2D eigenvalue weighted by Gasteiger charge is -2.14. The van der Waals surface area contributed by atoms with E-state index in [0.717, 1.165) is 5.56 Å². The number of hydrogen-bond donors (Lipinski definition) is 3. The summed E-state index contributed by atoms with van der Waals surface area (Å²) in [6, 6.07) is 4.29. The van der Waals surface area contributed by atoms with Gasteiger partial charge in [-0.05, 0) is 32.9 Å². The Morgan fingerprint density at radius 2 is 2.00 bits per heavy atom. The van der Waals surface area contributed by atoms with E-state index in [1.54, 1.807) is 32.0 Å². The van der Waals surface area contributed by atoms with Crippen molar-refractivity contribution in [3.05, 3.63) is 29.3 Å². The third-order valence-electron chi connectivity index (χ3n) is 2.66. The number of imide groups is 1. The van der Waals surface area contributed by atoms with Crippen LogP contribution in [-0.2, 0) is 9.53 Å². The van der Waals surface area contributed by atoms with Crippen LogP contribution in [0.1, 0.15) is 29.8 Å². The minimum atomic E-state index is -1.11. The Kier molecular flexibility index (Phi) is 5.71. The van der Waals surface area contributed by atoms with E-state index in [2.05, 4.69) is 10.6 Å². The second-order valence-electron chi connectivity index (χ2n) is 4.49. The lowest BCUT2D eigenvalue weighted by Crippen LogP contribution is -2.44. The van der Waals surface area contributed by atoms with E-state index in [4.69, 9.17) is 10.5 Å². The Labute approximate surface area is 122 Å². The second-order valence-corrected chi connectivity index (χ2v) is 4.49. The Balaban J connectivity index is 2.67. The number of benzene rings is 1. The molecule has 0 spiro atoms. The second kappa shape index (κ2) is 7.28. The largest absolute Gasteiger partial charge is 0.449 e. The number of urea groups is 1. The van der Waals surface area contributed by atoms with E-state index in [1.807, 2.05) is 0 Å². The molecule has 0 aliphatic heterocycles. The molecule has 0 saturated carbocycles. The summed E-state index contributed by atoms with van der Waals surface area (Å²) in [5.74, 6) is -1.42. The fourth-order valence-corrected chi connectivity index (χ4v) is 1.54. The molecular formula is C14H19N3O4. The van der Waals surface area contributed by atoms with E-state index in [0.29, 0.717) is 6.54 Å². The third kappa shape index (κ3) is 4.79. The molecule has 3 amide bonds. The first-order chi connectivity index (χ1) is 9.85. The summed E-state index contributed by atoms with van der Waals surface area (Å²) < 4.78 is 5.00. The van der Waals surface area contributed by atoms with E-state index in [9.17, 15) is 14.4 Å². The Hall–Kier alpha value is -2.57. The van der Waals surface area contributed by atoms with Crippen LogP contribution < -0.4 is 16.4 Å². The average molecular weight is 293 g/mol. The molecule has 1 atom stereocenters. The van der Waals surface area contributed by atoms with Crippen molar-refractivity contribution in [1.29, 1.82) is 0 Å². The highest BCUT2D eigenvalue weighted by atomic mass is 16.5. The van der Waals surface area contributed by atoms with E-state index < -0.39 is 24.0 Å². The lowest BCUT2D eigenvalue weighted by atomic mass is 10.1. The first-order valence-electron chi connectivity index (χ1n) is 6.51. The lowest BCUT2D eigenvalue weighted by molar-refractivity contribution is -0.127. The fourth-order valence-electron chi connectivity index (χ4n) is 1.54. The van der Waals surface area contributed by atoms with Crippen molar-refractivity contribution in [3.63, 3.8) is 0 Å². The van der Waals surface area contributed by atoms with Crippen molar-refractivity contribution in [2.24, 2.45) is 0 Å². The number of aryl methyl sites for hydroxylation is 1. The molecule has 7 heteroatoms. The van der Waals surface area contributed by atoms with Gasteiger partial charge in [-0.25, -0.2) is 9.59 Å². The van der Waals surface area contributed by atoms with E-state index >= 15 is 0 Å². The Morgan fingerprint density at radius 1 is 1.33 bits per heavy atom. The van der Waals surface area contributed by atoms with Gasteiger partial charge in [0, 0.05) is 12.2 Å². The summed E-state index contributed by atoms with van der Waals surface area (Å²) >= 11 is 0. The number of carbonyl (C=O) groups excluding carboxylic acids is 3. The summed E-state index contributed by atoms with van der Waals surface area (Å²) in [6.07, 6.45) is -1.11. The number of hydrogen-bond acceptors (Lipinski definition) is 5. The highest BCUT2D eigenvalue weighted by Crippen LogP contribution is 2.15. The van der Waals surface area contributed by atoms with Gasteiger partial charge < -0.3 is 15.8 Å². The number of carbonyl (C=O) groups is 3. The van der Waals surface area contributed by atoms with Crippen LogP contribution in [0.2, 0.25) is 0 Å². The summed E-state index contributed by atoms with van der Waals surface area (Å²) in [7, 11) is 0. The summed E-state index contributed by atoms with van der Waals surface area (Å²) in [5, 5.41) is 4.47. The maximum Gasteiger partial charge on any atom is 0.341 e. The zero-order chi connectivity index (χ0) is 16.0. The molecule has 0 aliphatic carbocycles. The Morgan fingerprint density at radius 3 is 2.62 bits per heavy atom. The molecule has 7 nitrogen and oxygen atoms in total. The van der Waals surface area contributed by atoms with Gasteiger partial charge in [0.2, 0.25) is 0 Å². The van der Waals surface area contributed by atoms with Gasteiger partial charge in [0.1, 0.15) is 0 Å². The molecule has 0 radical (unpaired) electrons. The van der Waals surface area contributed by atoms with Crippen LogP contribution in [0, 0.1) is 6.92 Å². The highest BCUT2D eigenvalue weighted by Gasteiger charge is 2.21. The Bertz CT molecular complexity index is 557. The van der Waals surface area contributed by atoms with Crippen molar-refractivity contribution in [3.8, 4) is 0 Å². The fraction of sp³-hybridized carbons (Fsp3) is 0.357. The average Bonchev–Trinajstić information content (AvgIpc) is 2.41. The summed E-state index contributed by atoms with van der Waals surface area (Å²) in [6.45, 7) is 5.28. The zero-order valence-electron chi connectivity index (χ0n) is 12.2. The van der Waals surface area contributed by atoms with Crippen molar-refractivity contribution in [2.75, 3.05) is 12.3 Å². The number of anilines is 1. The predicted molar refractivity (Wildman–Crippen MR) is 77.7 cm³/mol. The number of rotatable bonds is 4. The smallest absolute Gasteiger partial charge is 0.341 e. The van der Waals surface area contributed by atoms with Crippen molar-refractivity contribution in [1.82, 2.24) is 10.6 Å². The number of amides is 3. The van der Waals surface area contributed by atoms with Crippen LogP contribution in [0.25, 0.3) is 0 Å². The number of nitrogens with one attached hydrogen (secondary N) is 2. The maximum atomic E-state index is 12.0. The number of nitrogen functional groups attached to an aromatic ring is 1. The molecule has 1 rings (SSSR count). The molecule has 0 fully saturated rings. The van der Waals surface area contributed by atoms with Gasteiger partial charge in [-0.1, -0.05) is 11.6 Å². The number of nitrogens with two attached hydrogens (primary N) is 1. The summed E-state index contributed by atoms with van der Waals surface area (Å²) in [5.41, 5.74) is 6.99. The number of ether oxygens (including phenoxy) is 1. The first-order valence-corrected chi connectivity index (χ1v) is 6.51. The normalized spacial score (nSPS) is 11.4. The summed E-state index contributed by atoms with van der Waals surface area (Å²) in [4.78, 5) is 34.8. The molecule has 4 N–H and O–H groups in total. The van der Waals surface area contributed by atoms with E-state index in [1.165, 1.54) is 6.92 Å². The molecule has 0 aromatic heterocycles. The standard InChI is InChI=1S/C14H19N3O4/c1-4-16-14(20)17-12(18)9(3)21-13(19)10-7-8(2)5-6-11(10)15/h5-7,9H,4,15H2,1-3H3,(H2,16,17,18,20). The molecular weight excluding hydrogens is 274 g/mol. The molecule has 114 valence electrons. The van der Waals surface area contributed by atoms with E-state index in [-0.39, 0.29) is 11.3 Å². The topological polar surface area (TPSA) is 111 Å². The van der Waals surface area contributed by atoms with Crippen molar-refractivity contribution < 1.29 is 19.1 Å². The minimum absolute atomic E-state index is 0.188. The minimum Gasteiger partial charge on any atom is -0.449 e. The van der Waals surface area contributed by atoms with Crippen LogP contribution in [0.5, 0.6) is 0 Å². The van der Waals surface area contributed by atoms with Gasteiger partial charge in [0.15, 0.2) is 6.10 Å². The van der Waals surface area contributed by atoms with Crippen molar-refractivity contribution in [2.45, 2.75) is 26.9 Å². The van der Waals surface area contributed by atoms with Gasteiger partial charge in [-0.3, -0.25) is 10.1 Å². The van der Waals surface area contributed by atoms with Crippen LogP contribution in [0.3, 0.4) is 0 Å². The van der Waals surface area contributed by atoms with Gasteiger partial charge >= 0.3 is 12.0 Å². The van der Waals surface area contributed by atoms with Crippen LogP contribution >= 0.6 is 0 Å². The zero-order valence-corrected chi connectivity index (χ0v) is 12.2. The van der Waals surface area contributed by atoms with Gasteiger partial charge in [0.05, 0.1) is 5.56 Å². The van der Waals surface area contributed by atoms with Gasteiger partial charge in [-0.15, -0.1) is 0 Å². The molecule has 1 unspecified atom stereocenters. The van der Waals surface area contributed by atoms with Gasteiger partial charge in [0.25, 0.3) is 5.91 Å². The molecule has 0 bridgehead atoms. The molecule has 1 aromatic carbocycles. The van der Waals surface area contributed by atoms with Gasteiger partial charge in [-0.2, -0.15) is 0 Å². The number of esters is 1. The van der Waals surface area contributed by atoms with Crippen LogP contribution in [-0.4, -0.2) is 30.6 Å².